The molecule has 0 aromatic heterocycles. The number of halogens is 1. The molecular weight excluding hydrogens is 322 g/mol. The van der Waals surface area contributed by atoms with Crippen LogP contribution >= 0.6 is 11.6 Å². The minimum absolute atomic E-state index is 0.00727. The van der Waals surface area contributed by atoms with Crippen molar-refractivity contribution in [2.24, 2.45) is 0 Å². The zero-order chi connectivity index (χ0) is 16.9. The fourth-order valence-corrected chi connectivity index (χ4v) is 2.69. The molecule has 1 amide bonds. The van der Waals surface area contributed by atoms with E-state index in [9.17, 15) is 4.79 Å². The van der Waals surface area contributed by atoms with Crippen LogP contribution in [-0.4, -0.2) is 13.0 Å². The van der Waals surface area contributed by atoms with Gasteiger partial charge in [0.05, 0.1) is 13.5 Å². The van der Waals surface area contributed by atoms with Crippen LogP contribution in [0.15, 0.2) is 60.7 Å². The molecule has 4 heteroatoms. The van der Waals surface area contributed by atoms with E-state index < -0.39 is 0 Å². The summed E-state index contributed by atoms with van der Waals surface area (Å²) in [6.45, 7) is 0.508. The number of methoxy groups -OCH3 is 1. The van der Waals surface area contributed by atoms with Crippen LogP contribution in [0, 0.1) is 0 Å². The minimum Gasteiger partial charge on any atom is -0.497 e. The van der Waals surface area contributed by atoms with Gasteiger partial charge in [0.1, 0.15) is 5.75 Å². The first-order chi connectivity index (χ1) is 11.6. The molecule has 0 saturated carbocycles. The van der Waals surface area contributed by atoms with Crippen LogP contribution < -0.4 is 10.1 Å². The molecule has 0 aliphatic carbocycles. The second-order valence-corrected chi connectivity index (χ2v) is 6.06. The summed E-state index contributed by atoms with van der Waals surface area (Å²) in [4.78, 5) is 12.1. The number of fused-ring (bicyclic) bond motifs is 1. The third kappa shape index (κ3) is 4.06. The van der Waals surface area contributed by atoms with Gasteiger partial charge in [0, 0.05) is 11.6 Å². The molecule has 0 aliphatic rings. The van der Waals surface area contributed by atoms with Crippen LogP contribution in [0.4, 0.5) is 0 Å². The van der Waals surface area contributed by atoms with Gasteiger partial charge in [0.15, 0.2) is 0 Å². The van der Waals surface area contributed by atoms with Gasteiger partial charge in [-0.25, -0.2) is 0 Å². The van der Waals surface area contributed by atoms with Crippen LogP contribution in [0.25, 0.3) is 10.8 Å². The Bertz CT molecular complexity index is 859. The van der Waals surface area contributed by atoms with E-state index in [0.29, 0.717) is 18.0 Å². The van der Waals surface area contributed by atoms with Crippen molar-refractivity contribution in [1.29, 1.82) is 0 Å². The number of hydrogen-bond donors (Lipinski definition) is 1. The Kier molecular flexibility index (Phi) is 5.02. The Morgan fingerprint density at radius 1 is 0.958 bits per heavy atom. The molecular formula is C20H18ClNO2. The molecule has 24 heavy (non-hydrogen) atoms. The fraction of sp³-hybridized carbons (Fsp3) is 0.150. The lowest BCUT2D eigenvalue weighted by molar-refractivity contribution is -0.120. The molecule has 0 radical (unpaired) electrons. The van der Waals surface area contributed by atoms with Crippen molar-refractivity contribution in [3.05, 3.63) is 76.8 Å². The van der Waals surface area contributed by atoms with Crippen LogP contribution in [0.2, 0.25) is 5.02 Å². The molecule has 0 atom stereocenters. The molecule has 0 unspecified atom stereocenters. The molecule has 0 saturated heterocycles. The van der Waals surface area contributed by atoms with Crippen molar-refractivity contribution in [3.63, 3.8) is 0 Å². The number of carbonyl (C=O) groups is 1. The third-order valence-electron chi connectivity index (χ3n) is 3.88. The van der Waals surface area contributed by atoms with Gasteiger partial charge >= 0.3 is 0 Å². The maximum absolute atomic E-state index is 12.1. The molecule has 1 N–H and O–H groups in total. The van der Waals surface area contributed by atoms with Crippen molar-refractivity contribution in [3.8, 4) is 5.75 Å². The highest BCUT2D eigenvalue weighted by Crippen LogP contribution is 2.21. The van der Waals surface area contributed by atoms with Gasteiger partial charge in [-0.05, 0) is 52.2 Å². The van der Waals surface area contributed by atoms with E-state index in [1.165, 1.54) is 0 Å². The topological polar surface area (TPSA) is 38.3 Å². The summed E-state index contributed by atoms with van der Waals surface area (Å²) in [5.74, 6) is 0.832. The standard InChI is InChI=1S/C20H18ClNO2/c1-24-19-9-6-16-10-15(2-5-17(16)12-19)13-22-20(23)11-14-3-7-18(21)8-4-14/h2-10,12H,11,13H2,1H3,(H,22,23). The Hall–Kier alpha value is -2.52. The summed E-state index contributed by atoms with van der Waals surface area (Å²) in [5, 5.41) is 5.87. The van der Waals surface area contributed by atoms with Gasteiger partial charge in [-0.15, -0.1) is 0 Å². The number of benzene rings is 3. The second-order valence-electron chi connectivity index (χ2n) is 5.63. The van der Waals surface area contributed by atoms with Crippen molar-refractivity contribution in [2.45, 2.75) is 13.0 Å². The summed E-state index contributed by atoms with van der Waals surface area (Å²) in [6, 6.07) is 19.4. The van der Waals surface area contributed by atoms with Gasteiger partial charge in [0.25, 0.3) is 0 Å². The van der Waals surface area contributed by atoms with Crippen molar-refractivity contribution < 1.29 is 9.53 Å². The average molecular weight is 340 g/mol. The smallest absolute Gasteiger partial charge is 0.224 e. The van der Waals surface area contributed by atoms with E-state index in [4.69, 9.17) is 16.3 Å². The number of hydrogen-bond acceptors (Lipinski definition) is 2. The molecule has 3 nitrogen and oxygen atoms in total. The zero-order valence-electron chi connectivity index (χ0n) is 13.4. The van der Waals surface area contributed by atoms with Crippen molar-refractivity contribution >= 4 is 28.3 Å². The Labute approximate surface area is 146 Å². The highest BCUT2D eigenvalue weighted by molar-refractivity contribution is 6.30. The number of carbonyl (C=O) groups excluding carboxylic acids is 1. The lowest BCUT2D eigenvalue weighted by Gasteiger charge is -2.08. The van der Waals surface area contributed by atoms with Crippen LogP contribution in [0.5, 0.6) is 5.75 Å². The molecule has 0 spiro atoms. The van der Waals surface area contributed by atoms with Crippen LogP contribution in [0.3, 0.4) is 0 Å². The number of amides is 1. The molecule has 3 aromatic carbocycles. The molecule has 0 bridgehead atoms. The molecule has 122 valence electrons. The predicted octanol–water partition coefficient (Wildman–Crippen LogP) is 4.36. The van der Waals surface area contributed by atoms with Crippen LogP contribution in [0.1, 0.15) is 11.1 Å². The Morgan fingerprint density at radius 2 is 1.62 bits per heavy atom. The normalized spacial score (nSPS) is 10.6. The number of nitrogens with one attached hydrogen (secondary N) is 1. The van der Waals surface area contributed by atoms with Crippen molar-refractivity contribution in [1.82, 2.24) is 5.32 Å². The zero-order valence-corrected chi connectivity index (χ0v) is 14.1. The first kappa shape index (κ1) is 16.3. The molecule has 3 rings (SSSR count). The van der Waals surface area contributed by atoms with E-state index >= 15 is 0 Å². The summed E-state index contributed by atoms with van der Waals surface area (Å²) in [5.41, 5.74) is 2.01. The van der Waals surface area contributed by atoms with E-state index in [0.717, 1.165) is 27.6 Å². The quantitative estimate of drug-likeness (QED) is 0.750. The van der Waals surface area contributed by atoms with Crippen LogP contribution in [-0.2, 0) is 17.8 Å². The maximum Gasteiger partial charge on any atom is 0.224 e. The monoisotopic (exact) mass is 339 g/mol. The van der Waals surface area contributed by atoms with E-state index in [2.05, 4.69) is 11.4 Å². The van der Waals surface area contributed by atoms with Gasteiger partial charge < -0.3 is 10.1 Å². The summed E-state index contributed by atoms with van der Waals surface area (Å²) < 4.78 is 5.23. The van der Waals surface area contributed by atoms with E-state index in [1.54, 1.807) is 19.2 Å². The highest BCUT2D eigenvalue weighted by atomic mass is 35.5. The minimum atomic E-state index is -0.00727. The third-order valence-corrected chi connectivity index (χ3v) is 4.13. The molecule has 0 aliphatic heterocycles. The van der Waals surface area contributed by atoms with Crippen molar-refractivity contribution in [2.75, 3.05) is 7.11 Å². The number of rotatable bonds is 5. The summed E-state index contributed by atoms with van der Waals surface area (Å²) in [7, 11) is 1.66. The summed E-state index contributed by atoms with van der Waals surface area (Å²) in [6.07, 6.45) is 0.349. The van der Waals surface area contributed by atoms with Gasteiger partial charge in [-0.1, -0.05) is 41.9 Å². The van der Waals surface area contributed by atoms with Gasteiger partial charge in [-0.2, -0.15) is 0 Å². The maximum atomic E-state index is 12.1. The average Bonchev–Trinajstić information content (AvgIpc) is 2.61. The Morgan fingerprint density at radius 3 is 2.38 bits per heavy atom. The van der Waals surface area contributed by atoms with Gasteiger partial charge in [0.2, 0.25) is 5.91 Å². The first-order valence-electron chi connectivity index (χ1n) is 7.72. The highest BCUT2D eigenvalue weighted by Gasteiger charge is 2.04. The lowest BCUT2D eigenvalue weighted by Crippen LogP contribution is -2.24. The van der Waals surface area contributed by atoms with E-state index in [1.807, 2.05) is 42.5 Å². The first-order valence-corrected chi connectivity index (χ1v) is 8.10. The molecule has 0 fully saturated rings. The SMILES string of the molecule is COc1ccc2cc(CNC(=O)Cc3ccc(Cl)cc3)ccc2c1. The largest absolute Gasteiger partial charge is 0.497 e. The number of ether oxygens (including phenoxy) is 1. The lowest BCUT2D eigenvalue weighted by atomic mass is 10.1. The molecule has 3 aromatic rings. The van der Waals surface area contributed by atoms with Gasteiger partial charge in [-0.3, -0.25) is 4.79 Å². The predicted molar refractivity (Wildman–Crippen MR) is 97.5 cm³/mol. The Balaban J connectivity index is 1.62. The van der Waals surface area contributed by atoms with E-state index in [-0.39, 0.29) is 5.91 Å². The fourth-order valence-electron chi connectivity index (χ4n) is 2.56. The molecule has 0 heterocycles. The summed E-state index contributed by atoms with van der Waals surface area (Å²) >= 11 is 5.85. The second kappa shape index (κ2) is 7.37.